The Bertz CT molecular complexity index is 530. The van der Waals surface area contributed by atoms with Crippen molar-refractivity contribution >= 4 is 11.6 Å². The average molecular weight is 271 g/mol. The third-order valence-electron chi connectivity index (χ3n) is 3.26. The third kappa shape index (κ3) is 3.91. The van der Waals surface area contributed by atoms with Crippen molar-refractivity contribution < 1.29 is 0 Å². The van der Waals surface area contributed by atoms with Crippen LogP contribution >= 0.6 is 0 Å². The Labute approximate surface area is 119 Å². The van der Waals surface area contributed by atoms with Crippen LogP contribution in [0.2, 0.25) is 0 Å². The summed E-state index contributed by atoms with van der Waals surface area (Å²) in [6, 6.07) is 3.93. The van der Waals surface area contributed by atoms with Crippen LogP contribution < -0.4 is 10.6 Å². The number of anilines is 2. The van der Waals surface area contributed by atoms with Gasteiger partial charge in [0.05, 0.1) is 5.69 Å². The molecular weight excluding hydrogens is 250 g/mol. The molecule has 2 N–H and O–H groups in total. The molecule has 2 rings (SSSR count). The maximum atomic E-state index is 4.44. The minimum absolute atomic E-state index is 0.715. The molecule has 5 heteroatoms. The quantitative estimate of drug-likeness (QED) is 0.791. The van der Waals surface area contributed by atoms with Crippen LogP contribution in [-0.2, 0) is 0 Å². The normalized spacial score (nSPS) is 10.3. The minimum atomic E-state index is 0.715. The van der Waals surface area contributed by atoms with Crippen LogP contribution in [0.15, 0.2) is 24.5 Å². The van der Waals surface area contributed by atoms with Crippen molar-refractivity contribution in [3.05, 3.63) is 41.5 Å². The highest BCUT2D eigenvalue weighted by molar-refractivity contribution is 5.39. The van der Waals surface area contributed by atoms with Gasteiger partial charge in [0.2, 0.25) is 5.95 Å². The molecular formula is C15H21N5. The summed E-state index contributed by atoms with van der Waals surface area (Å²) in [4.78, 5) is 12.9. The van der Waals surface area contributed by atoms with Gasteiger partial charge in [0.15, 0.2) is 0 Å². The van der Waals surface area contributed by atoms with E-state index in [1.807, 2.05) is 39.1 Å². The zero-order valence-corrected chi connectivity index (χ0v) is 12.3. The van der Waals surface area contributed by atoms with Gasteiger partial charge in [-0.05, 0) is 44.9 Å². The summed E-state index contributed by atoms with van der Waals surface area (Å²) in [7, 11) is 0. The predicted molar refractivity (Wildman–Crippen MR) is 82.1 cm³/mol. The van der Waals surface area contributed by atoms with Crippen molar-refractivity contribution in [1.29, 1.82) is 0 Å². The molecule has 0 saturated heterocycles. The van der Waals surface area contributed by atoms with E-state index in [9.17, 15) is 0 Å². The van der Waals surface area contributed by atoms with Gasteiger partial charge in [-0.1, -0.05) is 0 Å². The van der Waals surface area contributed by atoms with Crippen molar-refractivity contribution in [3.63, 3.8) is 0 Å². The topological polar surface area (TPSA) is 62.7 Å². The predicted octanol–water partition coefficient (Wildman–Crippen LogP) is 2.71. The molecule has 106 valence electrons. The van der Waals surface area contributed by atoms with Crippen LogP contribution in [0.1, 0.15) is 23.4 Å². The van der Waals surface area contributed by atoms with Gasteiger partial charge in [0.1, 0.15) is 0 Å². The zero-order chi connectivity index (χ0) is 14.4. The lowest BCUT2D eigenvalue weighted by Crippen LogP contribution is -2.12. The Balaban J connectivity index is 1.74. The van der Waals surface area contributed by atoms with Gasteiger partial charge in [0, 0.05) is 36.9 Å². The molecule has 0 unspecified atom stereocenters. The number of pyridine rings is 1. The highest BCUT2D eigenvalue weighted by atomic mass is 15.1. The second-order valence-corrected chi connectivity index (χ2v) is 4.79. The molecule has 5 nitrogen and oxygen atoms in total. The van der Waals surface area contributed by atoms with Gasteiger partial charge >= 0.3 is 0 Å². The summed E-state index contributed by atoms with van der Waals surface area (Å²) in [5.41, 5.74) is 4.28. The van der Waals surface area contributed by atoms with Crippen molar-refractivity contribution in [3.8, 4) is 0 Å². The lowest BCUT2D eigenvalue weighted by Gasteiger charge is -2.09. The van der Waals surface area contributed by atoms with E-state index in [2.05, 4.69) is 25.6 Å². The maximum Gasteiger partial charge on any atom is 0.223 e. The highest BCUT2D eigenvalue weighted by Crippen LogP contribution is 2.10. The molecule has 0 atom stereocenters. The van der Waals surface area contributed by atoms with Crippen LogP contribution in [0, 0.1) is 20.8 Å². The first-order chi connectivity index (χ1) is 9.66. The number of aromatic nitrogens is 3. The molecule has 0 aliphatic carbocycles. The average Bonchev–Trinajstić information content (AvgIpc) is 2.45. The number of hydrogen-bond acceptors (Lipinski definition) is 5. The number of rotatable bonds is 6. The Morgan fingerprint density at radius 3 is 2.35 bits per heavy atom. The standard InChI is InChI=1S/C15H21N5/c1-11-12(2)19-15(20-13(11)3)18-9-5-8-17-14-6-4-7-16-10-14/h4,6-7,10,17H,5,8-9H2,1-3H3,(H,18,19,20). The van der Waals surface area contributed by atoms with Crippen LogP contribution in [0.4, 0.5) is 11.6 Å². The smallest absolute Gasteiger partial charge is 0.223 e. The molecule has 0 radical (unpaired) electrons. The van der Waals surface area contributed by atoms with Gasteiger partial charge in [-0.25, -0.2) is 9.97 Å². The van der Waals surface area contributed by atoms with Crippen LogP contribution in [-0.4, -0.2) is 28.0 Å². The van der Waals surface area contributed by atoms with E-state index in [4.69, 9.17) is 0 Å². The number of nitrogens with zero attached hydrogens (tertiary/aromatic N) is 3. The minimum Gasteiger partial charge on any atom is -0.384 e. The number of nitrogens with one attached hydrogen (secondary N) is 2. The SMILES string of the molecule is Cc1nc(NCCCNc2cccnc2)nc(C)c1C. The molecule has 0 aliphatic heterocycles. The van der Waals surface area contributed by atoms with Gasteiger partial charge in [-0.3, -0.25) is 4.98 Å². The van der Waals surface area contributed by atoms with Gasteiger partial charge in [-0.2, -0.15) is 0 Å². The van der Waals surface area contributed by atoms with Gasteiger partial charge in [-0.15, -0.1) is 0 Å². The molecule has 2 aromatic heterocycles. The van der Waals surface area contributed by atoms with E-state index in [1.165, 1.54) is 0 Å². The third-order valence-corrected chi connectivity index (χ3v) is 3.26. The summed E-state index contributed by atoms with van der Waals surface area (Å²) in [5, 5.41) is 6.58. The molecule has 2 heterocycles. The Kier molecular flexibility index (Phi) is 4.87. The van der Waals surface area contributed by atoms with E-state index < -0.39 is 0 Å². The zero-order valence-electron chi connectivity index (χ0n) is 12.3. The summed E-state index contributed by atoms with van der Waals surface area (Å²) in [6.07, 6.45) is 4.58. The Morgan fingerprint density at radius 2 is 1.70 bits per heavy atom. The molecule has 2 aromatic rings. The summed E-state index contributed by atoms with van der Waals surface area (Å²) in [6.45, 7) is 7.81. The van der Waals surface area contributed by atoms with Crippen molar-refractivity contribution in [2.45, 2.75) is 27.2 Å². The van der Waals surface area contributed by atoms with Crippen LogP contribution in [0.5, 0.6) is 0 Å². The Morgan fingerprint density at radius 1 is 1.00 bits per heavy atom. The largest absolute Gasteiger partial charge is 0.384 e. The maximum absolute atomic E-state index is 4.44. The molecule has 20 heavy (non-hydrogen) atoms. The fourth-order valence-electron chi connectivity index (χ4n) is 1.84. The highest BCUT2D eigenvalue weighted by Gasteiger charge is 2.03. The lowest BCUT2D eigenvalue weighted by atomic mass is 10.2. The number of hydrogen-bond donors (Lipinski definition) is 2. The molecule has 0 saturated carbocycles. The van der Waals surface area contributed by atoms with E-state index in [-0.39, 0.29) is 0 Å². The molecule has 0 aliphatic rings. The van der Waals surface area contributed by atoms with E-state index in [1.54, 1.807) is 6.20 Å². The second-order valence-electron chi connectivity index (χ2n) is 4.79. The fraction of sp³-hybridized carbons (Fsp3) is 0.400. The molecule has 0 spiro atoms. The summed E-state index contributed by atoms with van der Waals surface area (Å²) in [5.74, 6) is 0.715. The number of aryl methyl sites for hydroxylation is 2. The molecule has 0 aromatic carbocycles. The van der Waals surface area contributed by atoms with E-state index in [0.29, 0.717) is 5.95 Å². The first-order valence-corrected chi connectivity index (χ1v) is 6.86. The van der Waals surface area contributed by atoms with Crippen LogP contribution in [0.3, 0.4) is 0 Å². The monoisotopic (exact) mass is 271 g/mol. The molecule has 0 bridgehead atoms. The second kappa shape index (κ2) is 6.84. The van der Waals surface area contributed by atoms with Crippen molar-refractivity contribution in [2.24, 2.45) is 0 Å². The Hall–Kier alpha value is -2.17. The van der Waals surface area contributed by atoms with Crippen molar-refractivity contribution in [2.75, 3.05) is 23.7 Å². The summed E-state index contributed by atoms with van der Waals surface area (Å²) < 4.78 is 0. The van der Waals surface area contributed by atoms with Gasteiger partial charge < -0.3 is 10.6 Å². The van der Waals surface area contributed by atoms with Gasteiger partial charge in [0.25, 0.3) is 0 Å². The summed E-state index contributed by atoms with van der Waals surface area (Å²) >= 11 is 0. The van der Waals surface area contributed by atoms with Crippen LogP contribution in [0.25, 0.3) is 0 Å². The first kappa shape index (κ1) is 14.2. The molecule has 0 amide bonds. The van der Waals surface area contributed by atoms with Crippen molar-refractivity contribution in [1.82, 2.24) is 15.0 Å². The first-order valence-electron chi connectivity index (χ1n) is 6.86. The molecule has 0 fully saturated rings. The fourth-order valence-corrected chi connectivity index (χ4v) is 1.84. The van der Waals surface area contributed by atoms with E-state index >= 15 is 0 Å². The lowest BCUT2D eigenvalue weighted by molar-refractivity contribution is 0.885. The van der Waals surface area contributed by atoms with E-state index in [0.717, 1.165) is 42.1 Å².